The summed E-state index contributed by atoms with van der Waals surface area (Å²) in [6, 6.07) is 10.2. The van der Waals surface area contributed by atoms with Gasteiger partial charge >= 0.3 is 0 Å². The Morgan fingerprint density at radius 1 is 1.06 bits per heavy atom. The van der Waals surface area contributed by atoms with Gasteiger partial charge in [0.05, 0.1) is 0 Å². The minimum atomic E-state index is -1.25. The molecular weight excluding hydrogens is 416 g/mol. The molecular formula is C26H34N4O3. The van der Waals surface area contributed by atoms with Gasteiger partial charge in [-0.2, -0.15) is 4.98 Å². The summed E-state index contributed by atoms with van der Waals surface area (Å²) in [6.07, 6.45) is 5.52. The van der Waals surface area contributed by atoms with Crippen molar-refractivity contribution >= 4 is 0 Å². The van der Waals surface area contributed by atoms with E-state index in [9.17, 15) is 10.2 Å². The van der Waals surface area contributed by atoms with Gasteiger partial charge < -0.3 is 20.1 Å². The lowest BCUT2D eigenvalue weighted by molar-refractivity contribution is -0.0769. The fourth-order valence-electron chi connectivity index (χ4n) is 4.73. The van der Waals surface area contributed by atoms with E-state index in [1.165, 1.54) is 5.56 Å². The number of hydrogen-bond acceptors (Lipinski definition) is 7. The maximum atomic E-state index is 12.3. The largest absolute Gasteiger partial charge is 0.381 e. The Hall–Kier alpha value is -2.61. The Labute approximate surface area is 195 Å². The van der Waals surface area contributed by atoms with Crippen molar-refractivity contribution in [3.63, 3.8) is 0 Å². The topological polar surface area (TPSA) is 104 Å². The van der Waals surface area contributed by atoms with Crippen LogP contribution in [0, 0.1) is 5.41 Å². The third-order valence-electron chi connectivity index (χ3n) is 7.05. The van der Waals surface area contributed by atoms with Crippen LogP contribution in [-0.2, 0) is 11.2 Å². The molecule has 1 fully saturated rings. The molecule has 1 aromatic carbocycles. The molecule has 3 heterocycles. The van der Waals surface area contributed by atoms with E-state index in [1.807, 2.05) is 18.2 Å². The molecule has 3 N–H and O–H groups in total. The van der Waals surface area contributed by atoms with Crippen LogP contribution < -0.4 is 5.32 Å². The van der Waals surface area contributed by atoms with Crippen LogP contribution in [0.5, 0.6) is 0 Å². The summed E-state index contributed by atoms with van der Waals surface area (Å²) in [6.45, 7) is 11.1. The molecule has 4 rings (SSSR count). The Kier molecular flexibility index (Phi) is 6.16. The minimum absolute atomic E-state index is 0.130. The maximum Gasteiger partial charge on any atom is 0.258 e. The second kappa shape index (κ2) is 8.63. The normalized spacial score (nSPS) is 17.6. The quantitative estimate of drug-likeness (QED) is 0.474. The number of nitrogens with one attached hydrogen (secondary N) is 1. The lowest BCUT2D eigenvalue weighted by Gasteiger charge is -2.52. The Morgan fingerprint density at radius 3 is 2.24 bits per heavy atom. The number of rotatable bonds is 8. The summed E-state index contributed by atoms with van der Waals surface area (Å²) >= 11 is 0. The van der Waals surface area contributed by atoms with Crippen molar-refractivity contribution in [1.29, 1.82) is 0 Å². The Bertz CT molecular complexity index is 1100. The molecule has 1 unspecified atom stereocenters. The highest BCUT2D eigenvalue weighted by Gasteiger charge is 2.53. The summed E-state index contributed by atoms with van der Waals surface area (Å²) in [4.78, 5) is 8.74. The van der Waals surface area contributed by atoms with Crippen LogP contribution in [0.2, 0.25) is 0 Å². The molecule has 176 valence electrons. The van der Waals surface area contributed by atoms with Crippen LogP contribution >= 0.6 is 0 Å². The summed E-state index contributed by atoms with van der Waals surface area (Å²) < 4.78 is 5.24. The molecule has 1 aliphatic rings. The molecule has 7 heteroatoms. The van der Waals surface area contributed by atoms with Gasteiger partial charge in [-0.3, -0.25) is 4.98 Å². The SMILES string of the molecule is CCC(CC)c1ccc(C(O)(c2cncc(-c3noc(C(C)(C)O)n3)c2)C2(C)CNC2)cc1. The number of aromatic nitrogens is 3. The number of aliphatic hydroxyl groups is 2. The van der Waals surface area contributed by atoms with Gasteiger partial charge in [0, 0.05) is 42.0 Å². The van der Waals surface area contributed by atoms with E-state index in [-0.39, 0.29) is 5.89 Å². The third-order valence-corrected chi connectivity index (χ3v) is 7.05. The van der Waals surface area contributed by atoms with Crippen LogP contribution in [0.4, 0.5) is 0 Å². The van der Waals surface area contributed by atoms with Crippen LogP contribution in [-0.4, -0.2) is 38.4 Å². The highest BCUT2D eigenvalue weighted by atomic mass is 16.5. The van der Waals surface area contributed by atoms with Crippen molar-refractivity contribution in [2.75, 3.05) is 13.1 Å². The first-order valence-electron chi connectivity index (χ1n) is 11.7. The molecule has 2 aromatic heterocycles. The average molecular weight is 451 g/mol. The predicted octanol–water partition coefficient (Wildman–Crippen LogP) is 4.11. The standard InChI is InChI=1S/C26H34N4O3/c1-6-17(7-2)18-8-10-20(11-9-18)26(32,25(5)15-28-16-25)21-12-19(13-27-14-21)22-29-23(33-30-22)24(3,4)31/h8-14,17,28,31-32H,6-7,15-16H2,1-5H3. The van der Waals surface area contributed by atoms with Gasteiger partial charge in [0.15, 0.2) is 0 Å². The third kappa shape index (κ3) is 4.09. The summed E-state index contributed by atoms with van der Waals surface area (Å²) in [5.41, 5.74) is 0.531. The van der Waals surface area contributed by atoms with Crippen molar-refractivity contribution in [3.8, 4) is 11.4 Å². The van der Waals surface area contributed by atoms with Crippen LogP contribution in [0.1, 0.15) is 76.0 Å². The molecule has 0 bridgehead atoms. The van der Waals surface area contributed by atoms with E-state index >= 15 is 0 Å². The predicted molar refractivity (Wildman–Crippen MR) is 127 cm³/mol. The Balaban J connectivity index is 1.77. The molecule has 33 heavy (non-hydrogen) atoms. The molecule has 1 atom stereocenters. The minimum Gasteiger partial charge on any atom is -0.381 e. The molecule has 3 aromatic rings. The van der Waals surface area contributed by atoms with Gasteiger partial charge in [0.1, 0.15) is 11.2 Å². The summed E-state index contributed by atoms with van der Waals surface area (Å²) in [7, 11) is 0. The molecule has 7 nitrogen and oxygen atoms in total. The van der Waals surface area contributed by atoms with Gasteiger partial charge in [-0.05, 0) is 49.8 Å². The first-order chi connectivity index (χ1) is 15.6. The van der Waals surface area contributed by atoms with E-state index in [4.69, 9.17) is 4.52 Å². The van der Waals surface area contributed by atoms with Gasteiger partial charge in [-0.25, -0.2) is 0 Å². The second-order valence-corrected chi connectivity index (χ2v) is 9.95. The zero-order chi connectivity index (χ0) is 23.9. The smallest absolute Gasteiger partial charge is 0.258 e. The van der Waals surface area contributed by atoms with Crippen molar-refractivity contribution in [1.82, 2.24) is 20.4 Å². The molecule has 0 saturated carbocycles. The number of benzene rings is 1. The molecule has 0 aliphatic carbocycles. The highest BCUT2D eigenvalue weighted by molar-refractivity contribution is 5.56. The number of pyridine rings is 1. The van der Waals surface area contributed by atoms with E-state index in [0.29, 0.717) is 36.0 Å². The van der Waals surface area contributed by atoms with E-state index in [1.54, 1.807) is 26.2 Å². The zero-order valence-electron chi connectivity index (χ0n) is 20.1. The average Bonchev–Trinajstić information content (AvgIpc) is 3.29. The molecule has 0 spiro atoms. The van der Waals surface area contributed by atoms with Gasteiger partial charge in [0.25, 0.3) is 5.89 Å². The van der Waals surface area contributed by atoms with Crippen LogP contribution in [0.3, 0.4) is 0 Å². The second-order valence-electron chi connectivity index (χ2n) is 9.95. The van der Waals surface area contributed by atoms with Crippen molar-refractivity contribution in [2.45, 2.75) is 64.6 Å². The lowest BCUT2D eigenvalue weighted by Crippen LogP contribution is -2.63. The number of nitrogens with zero attached hydrogens (tertiary/aromatic N) is 3. The lowest BCUT2D eigenvalue weighted by atomic mass is 9.62. The fourth-order valence-corrected chi connectivity index (χ4v) is 4.73. The zero-order valence-corrected chi connectivity index (χ0v) is 20.1. The van der Waals surface area contributed by atoms with E-state index in [0.717, 1.165) is 18.4 Å². The molecule has 0 amide bonds. The van der Waals surface area contributed by atoms with Crippen molar-refractivity contribution in [3.05, 3.63) is 65.3 Å². The van der Waals surface area contributed by atoms with Crippen LogP contribution in [0.25, 0.3) is 11.4 Å². The summed E-state index contributed by atoms with van der Waals surface area (Å²) in [5.74, 6) is 0.969. The van der Waals surface area contributed by atoms with Gasteiger partial charge in [-0.1, -0.05) is 50.2 Å². The van der Waals surface area contributed by atoms with E-state index in [2.05, 4.69) is 53.3 Å². The number of hydrogen-bond donors (Lipinski definition) is 3. The first kappa shape index (κ1) is 23.5. The Morgan fingerprint density at radius 2 is 1.73 bits per heavy atom. The van der Waals surface area contributed by atoms with Crippen LogP contribution in [0.15, 0.2) is 47.2 Å². The first-order valence-corrected chi connectivity index (χ1v) is 11.7. The van der Waals surface area contributed by atoms with Crippen molar-refractivity contribution < 1.29 is 14.7 Å². The molecule has 1 saturated heterocycles. The summed E-state index contributed by atoms with van der Waals surface area (Å²) in [5, 5.41) is 29.8. The highest BCUT2D eigenvalue weighted by Crippen LogP contribution is 2.48. The fraction of sp³-hybridized carbons (Fsp3) is 0.500. The van der Waals surface area contributed by atoms with Gasteiger partial charge in [-0.15, -0.1) is 0 Å². The maximum absolute atomic E-state index is 12.3. The molecule has 1 aliphatic heterocycles. The monoisotopic (exact) mass is 450 g/mol. The van der Waals surface area contributed by atoms with E-state index < -0.39 is 16.6 Å². The van der Waals surface area contributed by atoms with Crippen molar-refractivity contribution in [2.24, 2.45) is 5.41 Å². The van der Waals surface area contributed by atoms with Gasteiger partial charge in [0.2, 0.25) is 5.82 Å². The molecule has 0 radical (unpaired) electrons.